The standard InChI is InChI=1S/C24H28N2O4/c27-22(25-18-6-2-1-3-7-18)15-26-13-12-24(28)11-5-4-8-19(24)23(26)17-9-10-20-21(14-17)30-16-29-20/h1-3,6-7,9-10,14,19,23,28H,4-5,8,11-13,15-16H2,(H,25,27)/t19-,23+,24+/m1/s1. The van der Waals surface area contributed by atoms with Gasteiger partial charge < -0.3 is 19.9 Å². The van der Waals surface area contributed by atoms with Crippen molar-refractivity contribution in [2.24, 2.45) is 5.92 Å². The summed E-state index contributed by atoms with van der Waals surface area (Å²) in [5, 5.41) is 14.4. The van der Waals surface area contributed by atoms with Crippen molar-refractivity contribution in [3.8, 4) is 11.5 Å². The van der Waals surface area contributed by atoms with E-state index in [2.05, 4.69) is 16.3 Å². The molecule has 0 aromatic heterocycles. The summed E-state index contributed by atoms with van der Waals surface area (Å²) in [4.78, 5) is 15.0. The van der Waals surface area contributed by atoms with Crippen LogP contribution in [0.1, 0.15) is 43.7 Å². The van der Waals surface area contributed by atoms with Crippen LogP contribution in [0.4, 0.5) is 5.69 Å². The molecule has 2 aliphatic heterocycles. The predicted molar refractivity (Wildman–Crippen MR) is 113 cm³/mol. The number of anilines is 1. The van der Waals surface area contributed by atoms with Crippen LogP contribution in [-0.2, 0) is 4.79 Å². The quantitative estimate of drug-likeness (QED) is 0.807. The summed E-state index contributed by atoms with van der Waals surface area (Å²) in [6.07, 6.45) is 4.68. The number of ether oxygens (including phenoxy) is 2. The molecular formula is C24H28N2O4. The first-order chi connectivity index (χ1) is 14.6. The fraction of sp³-hybridized carbons (Fsp3) is 0.458. The second-order valence-corrected chi connectivity index (χ2v) is 8.65. The van der Waals surface area contributed by atoms with Crippen LogP contribution < -0.4 is 14.8 Å². The fourth-order valence-corrected chi connectivity index (χ4v) is 5.37. The van der Waals surface area contributed by atoms with Gasteiger partial charge in [-0.25, -0.2) is 0 Å². The molecule has 6 nitrogen and oxygen atoms in total. The minimum absolute atomic E-state index is 0.0277. The van der Waals surface area contributed by atoms with Gasteiger partial charge in [0.05, 0.1) is 12.1 Å². The van der Waals surface area contributed by atoms with Crippen LogP contribution in [-0.4, -0.2) is 41.4 Å². The lowest BCUT2D eigenvalue weighted by molar-refractivity contribution is -0.135. The number of likely N-dealkylation sites (tertiary alicyclic amines) is 1. The number of hydrogen-bond acceptors (Lipinski definition) is 5. The number of carbonyl (C=O) groups is 1. The number of rotatable bonds is 4. The number of nitrogens with one attached hydrogen (secondary N) is 1. The predicted octanol–water partition coefficient (Wildman–Crippen LogP) is 3.72. The molecule has 0 bridgehead atoms. The summed E-state index contributed by atoms with van der Waals surface area (Å²) in [6, 6.07) is 15.5. The van der Waals surface area contributed by atoms with E-state index in [-0.39, 0.29) is 24.7 Å². The normalized spacial score (nSPS) is 28.0. The molecule has 0 unspecified atom stereocenters. The third-order valence-electron chi connectivity index (χ3n) is 6.81. The summed E-state index contributed by atoms with van der Waals surface area (Å²) in [7, 11) is 0. The third kappa shape index (κ3) is 3.66. The minimum atomic E-state index is -0.661. The number of piperidine rings is 1. The molecule has 30 heavy (non-hydrogen) atoms. The van der Waals surface area contributed by atoms with E-state index in [1.165, 1.54) is 0 Å². The Morgan fingerprint density at radius 3 is 2.80 bits per heavy atom. The number of fused-ring (bicyclic) bond motifs is 2. The van der Waals surface area contributed by atoms with Gasteiger partial charge in [-0.05, 0) is 49.1 Å². The smallest absolute Gasteiger partial charge is 0.238 e. The van der Waals surface area contributed by atoms with Crippen molar-refractivity contribution in [2.75, 3.05) is 25.2 Å². The SMILES string of the molecule is O=C(CN1CC[C@@]2(O)CCCC[C@@H]2[C@@H]1c1ccc2c(c1)OCO2)Nc1ccccc1. The molecule has 2 aromatic carbocycles. The van der Waals surface area contributed by atoms with E-state index >= 15 is 0 Å². The molecule has 1 saturated carbocycles. The van der Waals surface area contributed by atoms with Crippen molar-refractivity contribution in [3.05, 3.63) is 54.1 Å². The summed E-state index contributed by atoms with van der Waals surface area (Å²) in [5.41, 5.74) is 1.22. The number of hydrogen-bond donors (Lipinski definition) is 2. The van der Waals surface area contributed by atoms with Gasteiger partial charge in [0, 0.05) is 24.2 Å². The van der Waals surface area contributed by atoms with E-state index in [0.717, 1.165) is 48.4 Å². The topological polar surface area (TPSA) is 71.0 Å². The van der Waals surface area contributed by atoms with Gasteiger partial charge in [-0.15, -0.1) is 0 Å². The number of para-hydroxylation sites is 1. The molecule has 1 saturated heterocycles. The Morgan fingerprint density at radius 2 is 1.93 bits per heavy atom. The maximum absolute atomic E-state index is 12.8. The molecule has 6 heteroatoms. The highest BCUT2D eigenvalue weighted by Gasteiger charge is 2.49. The van der Waals surface area contributed by atoms with Crippen LogP contribution >= 0.6 is 0 Å². The number of carbonyl (C=O) groups excluding carboxylic acids is 1. The molecule has 1 amide bonds. The van der Waals surface area contributed by atoms with E-state index in [4.69, 9.17) is 9.47 Å². The molecule has 3 atom stereocenters. The van der Waals surface area contributed by atoms with Gasteiger partial charge in [-0.3, -0.25) is 9.69 Å². The van der Waals surface area contributed by atoms with Crippen LogP contribution in [0.2, 0.25) is 0 Å². The lowest BCUT2D eigenvalue weighted by Gasteiger charge is -2.52. The zero-order chi connectivity index (χ0) is 20.6. The number of nitrogens with zero attached hydrogens (tertiary/aromatic N) is 1. The van der Waals surface area contributed by atoms with E-state index in [1.807, 2.05) is 42.5 Å². The summed E-state index contributed by atoms with van der Waals surface area (Å²) in [6.45, 7) is 1.22. The van der Waals surface area contributed by atoms with Gasteiger partial charge >= 0.3 is 0 Å². The first kappa shape index (κ1) is 19.4. The molecule has 2 fully saturated rings. The van der Waals surface area contributed by atoms with Crippen molar-refractivity contribution >= 4 is 11.6 Å². The molecule has 2 aromatic rings. The van der Waals surface area contributed by atoms with Crippen LogP contribution in [0.15, 0.2) is 48.5 Å². The summed E-state index contributed by atoms with van der Waals surface area (Å²) < 4.78 is 11.1. The average Bonchev–Trinajstić information content (AvgIpc) is 3.22. The molecule has 2 heterocycles. The molecular weight excluding hydrogens is 380 g/mol. The lowest BCUT2D eigenvalue weighted by Crippen LogP contribution is -2.56. The highest BCUT2D eigenvalue weighted by atomic mass is 16.7. The summed E-state index contributed by atoms with van der Waals surface area (Å²) >= 11 is 0. The zero-order valence-corrected chi connectivity index (χ0v) is 17.0. The molecule has 5 rings (SSSR count). The number of amides is 1. The highest BCUT2D eigenvalue weighted by Crippen LogP contribution is 2.50. The van der Waals surface area contributed by atoms with E-state index in [0.29, 0.717) is 19.5 Å². The molecule has 0 radical (unpaired) electrons. The Bertz CT molecular complexity index is 919. The molecule has 0 spiro atoms. The monoisotopic (exact) mass is 408 g/mol. The average molecular weight is 408 g/mol. The molecule has 2 N–H and O–H groups in total. The van der Waals surface area contributed by atoms with Crippen molar-refractivity contribution < 1.29 is 19.4 Å². The Balaban J connectivity index is 1.42. The Labute approximate surface area is 176 Å². The molecule has 3 aliphatic rings. The highest BCUT2D eigenvalue weighted by molar-refractivity contribution is 5.92. The van der Waals surface area contributed by atoms with Crippen molar-refractivity contribution in [3.63, 3.8) is 0 Å². The van der Waals surface area contributed by atoms with Gasteiger partial charge in [0.1, 0.15) is 0 Å². The van der Waals surface area contributed by atoms with E-state index in [9.17, 15) is 9.90 Å². The minimum Gasteiger partial charge on any atom is -0.454 e. The molecule has 1 aliphatic carbocycles. The third-order valence-corrected chi connectivity index (χ3v) is 6.81. The number of benzene rings is 2. The van der Waals surface area contributed by atoms with Crippen LogP contribution in [0.25, 0.3) is 0 Å². The molecule has 158 valence electrons. The summed E-state index contributed by atoms with van der Waals surface area (Å²) in [5.74, 6) is 1.56. The first-order valence-corrected chi connectivity index (χ1v) is 10.8. The van der Waals surface area contributed by atoms with E-state index in [1.54, 1.807) is 0 Å². The Kier molecular flexibility index (Phi) is 5.13. The van der Waals surface area contributed by atoms with Gasteiger partial charge in [-0.2, -0.15) is 0 Å². The first-order valence-electron chi connectivity index (χ1n) is 10.8. The van der Waals surface area contributed by atoms with Gasteiger partial charge in [0.15, 0.2) is 11.5 Å². The van der Waals surface area contributed by atoms with Gasteiger partial charge in [0.25, 0.3) is 0 Å². The Morgan fingerprint density at radius 1 is 1.10 bits per heavy atom. The fourth-order valence-electron chi connectivity index (χ4n) is 5.37. The maximum Gasteiger partial charge on any atom is 0.238 e. The van der Waals surface area contributed by atoms with Crippen molar-refractivity contribution in [1.82, 2.24) is 4.90 Å². The van der Waals surface area contributed by atoms with Crippen LogP contribution in [0.3, 0.4) is 0 Å². The second kappa shape index (κ2) is 7.93. The van der Waals surface area contributed by atoms with Crippen LogP contribution in [0, 0.1) is 5.92 Å². The lowest BCUT2D eigenvalue weighted by atomic mass is 9.66. The van der Waals surface area contributed by atoms with Gasteiger partial charge in [-0.1, -0.05) is 37.1 Å². The maximum atomic E-state index is 12.8. The second-order valence-electron chi connectivity index (χ2n) is 8.65. The van der Waals surface area contributed by atoms with Crippen molar-refractivity contribution in [1.29, 1.82) is 0 Å². The largest absolute Gasteiger partial charge is 0.454 e. The number of aliphatic hydroxyl groups is 1. The van der Waals surface area contributed by atoms with Crippen molar-refractivity contribution in [2.45, 2.75) is 43.7 Å². The zero-order valence-electron chi connectivity index (χ0n) is 17.0. The van der Waals surface area contributed by atoms with Crippen LogP contribution in [0.5, 0.6) is 11.5 Å². The van der Waals surface area contributed by atoms with E-state index < -0.39 is 5.60 Å². The Hall–Kier alpha value is -2.57. The van der Waals surface area contributed by atoms with Gasteiger partial charge in [0.2, 0.25) is 12.7 Å².